The van der Waals surface area contributed by atoms with Gasteiger partial charge in [-0.3, -0.25) is 14.5 Å². The molecule has 1 aliphatic heterocycles. The van der Waals surface area contributed by atoms with Gasteiger partial charge >= 0.3 is 0 Å². The van der Waals surface area contributed by atoms with Gasteiger partial charge in [0.2, 0.25) is 5.76 Å². The molecule has 0 bridgehead atoms. The molecule has 7 heteroatoms. The lowest BCUT2D eigenvalue weighted by atomic mass is 9.98. The van der Waals surface area contributed by atoms with Crippen molar-refractivity contribution in [3.63, 3.8) is 0 Å². The van der Waals surface area contributed by atoms with Crippen LogP contribution in [0.3, 0.4) is 0 Å². The Morgan fingerprint density at radius 3 is 2.56 bits per heavy atom. The molecule has 6 rings (SSSR count). The molecule has 0 aliphatic carbocycles. The second-order valence-corrected chi connectivity index (χ2v) is 8.86. The topological polar surface area (TPSA) is 72.6 Å². The number of anilines is 1. The Morgan fingerprint density at radius 2 is 1.75 bits per heavy atom. The monoisotopic (exact) mass is 494 g/mol. The highest BCUT2D eigenvalue weighted by Gasteiger charge is 2.44. The maximum absolute atomic E-state index is 13.7. The van der Waals surface area contributed by atoms with Crippen LogP contribution in [0, 0.1) is 0 Å². The van der Waals surface area contributed by atoms with Gasteiger partial charge in [0.25, 0.3) is 5.91 Å². The van der Waals surface area contributed by atoms with Crippen molar-refractivity contribution in [3.05, 3.63) is 135 Å². The number of amides is 1. The quantitative estimate of drug-likeness (QED) is 0.292. The molecule has 5 aromatic rings. The Kier molecular flexibility index (Phi) is 5.51. The summed E-state index contributed by atoms with van der Waals surface area (Å²) in [7, 11) is 0. The van der Waals surface area contributed by atoms with Gasteiger partial charge < -0.3 is 9.15 Å². The fourth-order valence-electron chi connectivity index (χ4n) is 4.51. The van der Waals surface area contributed by atoms with E-state index in [1.165, 1.54) is 4.90 Å². The largest absolute Gasteiger partial charge is 0.489 e. The zero-order valence-corrected chi connectivity index (χ0v) is 19.7. The van der Waals surface area contributed by atoms with Crippen LogP contribution in [0.5, 0.6) is 5.75 Å². The summed E-state index contributed by atoms with van der Waals surface area (Å²) in [5.41, 5.74) is 1.98. The van der Waals surface area contributed by atoms with Gasteiger partial charge in [0.1, 0.15) is 23.8 Å². The highest BCUT2D eigenvalue weighted by Crippen LogP contribution is 2.41. The first-order valence-electron chi connectivity index (χ1n) is 11.4. The van der Waals surface area contributed by atoms with Crippen LogP contribution in [0.4, 0.5) is 5.82 Å². The fourth-order valence-corrected chi connectivity index (χ4v) is 4.68. The molecule has 0 spiro atoms. The molecule has 6 nitrogen and oxygen atoms in total. The minimum atomic E-state index is -0.748. The Bertz CT molecular complexity index is 1650. The normalized spacial score (nSPS) is 14.8. The van der Waals surface area contributed by atoms with E-state index in [1.807, 2.05) is 54.6 Å². The number of halogens is 1. The molecule has 0 N–H and O–H groups in total. The van der Waals surface area contributed by atoms with E-state index in [9.17, 15) is 9.59 Å². The number of carbonyl (C=O) groups excluding carboxylic acids is 1. The minimum Gasteiger partial charge on any atom is -0.489 e. The van der Waals surface area contributed by atoms with E-state index in [-0.39, 0.29) is 16.8 Å². The van der Waals surface area contributed by atoms with Gasteiger partial charge in [0.15, 0.2) is 5.43 Å². The first kappa shape index (κ1) is 22.1. The number of rotatable bonds is 5. The molecule has 0 radical (unpaired) electrons. The predicted molar refractivity (Wildman–Crippen MR) is 138 cm³/mol. The zero-order valence-electron chi connectivity index (χ0n) is 18.9. The van der Waals surface area contributed by atoms with Crippen molar-refractivity contribution >= 4 is 34.3 Å². The molecule has 0 saturated carbocycles. The van der Waals surface area contributed by atoms with Crippen LogP contribution < -0.4 is 15.1 Å². The van der Waals surface area contributed by atoms with Crippen molar-refractivity contribution in [2.24, 2.45) is 0 Å². The van der Waals surface area contributed by atoms with Gasteiger partial charge in [-0.15, -0.1) is 0 Å². The third-order valence-corrected chi connectivity index (χ3v) is 6.39. The van der Waals surface area contributed by atoms with E-state index in [0.717, 1.165) is 5.56 Å². The Labute approximate surface area is 211 Å². The van der Waals surface area contributed by atoms with Crippen LogP contribution in [0.25, 0.3) is 11.0 Å². The summed E-state index contributed by atoms with van der Waals surface area (Å²) in [6.07, 6.45) is 1.60. The highest BCUT2D eigenvalue weighted by atomic mass is 35.5. The fraction of sp³-hybridized carbons (Fsp3) is 0.0690. The average Bonchev–Trinajstić information content (AvgIpc) is 3.21. The number of carbonyl (C=O) groups is 1. The molecule has 0 saturated heterocycles. The summed E-state index contributed by atoms with van der Waals surface area (Å²) >= 11 is 6.17. The summed E-state index contributed by atoms with van der Waals surface area (Å²) in [5.74, 6) is 0.599. The summed E-state index contributed by atoms with van der Waals surface area (Å²) in [6.45, 7) is 0.389. The number of nitrogens with zero attached hydrogens (tertiary/aromatic N) is 2. The first-order chi connectivity index (χ1) is 17.6. The number of pyridine rings is 1. The zero-order chi connectivity index (χ0) is 24.6. The molecular formula is C29H19ClN2O4. The number of aromatic nitrogens is 1. The molecule has 3 heterocycles. The second kappa shape index (κ2) is 8.98. The average molecular weight is 495 g/mol. The van der Waals surface area contributed by atoms with Crippen molar-refractivity contribution < 1.29 is 13.9 Å². The Balaban J connectivity index is 1.49. The molecule has 176 valence electrons. The van der Waals surface area contributed by atoms with Crippen LogP contribution in [0.15, 0.2) is 106 Å². The number of ether oxygens (including phenoxy) is 1. The van der Waals surface area contributed by atoms with Gasteiger partial charge in [0.05, 0.1) is 17.0 Å². The molecule has 1 unspecified atom stereocenters. The maximum atomic E-state index is 13.7. The van der Waals surface area contributed by atoms with E-state index < -0.39 is 11.9 Å². The van der Waals surface area contributed by atoms with Crippen molar-refractivity contribution in [1.82, 2.24) is 4.98 Å². The van der Waals surface area contributed by atoms with Crippen molar-refractivity contribution in [2.45, 2.75) is 12.6 Å². The van der Waals surface area contributed by atoms with Crippen LogP contribution in [0.1, 0.15) is 33.3 Å². The van der Waals surface area contributed by atoms with E-state index in [0.29, 0.717) is 39.7 Å². The van der Waals surface area contributed by atoms with Gasteiger partial charge in [-0.25, -0.2) is 4.98 Å². The molecular weight excluding hydrogens is 476 g/mol. The minimum absolute atomic E-state index is 0.00100. The molecule has 2 aromatic heterocycles. The third kappa shape index (κ3) is 3.82. The summed E-state index contributed by atoms with van der Waals surface area (Å²) in [5, 5.41) is 0.729. The molecule has 1 amide bonds. The molecule has 1 aliphatic rings. The molecule has 3 aromatic carbocycles. The van der Waals surface area contributed by atoms with E-state index in [4.69, 9.17) is 20.8 Å². The lowest BCUT2D eigenvalue weighted by molar-refractivity contribution is 0.0970. The lowest BCUT2D eigenvalue weighted by Gasteiger charge is -2.24. The van der Waals surface area contributed by atoms with Crippen LogP contribution in [0.2, 0.25) is 5.02 Å². The Morgan fingerprint density at radius 1 is 0.917 bits per heavy atom. The number of hydrogen-bond donors (Lipinski definition) is 0. The van der Waals surface area contributed by atoms with E-state index >= 15 is 0 Å². The summed E-state index contributed by atoms with van der Waals surface area (Å²) in [4.78, 5) is 33.2. The van der Waals surface area contributed by atoms with Gasteiger partial charge in [-0.2, -0.15) is 0 Å². The molecule has 0 fully saturated rings. The predicted octanol–water partition coefficient (Wildman–Crippen LogP) is 6.17. The summed E-state index contributed by atoms with van der Waals surface area (Å²) in [6, 6.07) is 26.6. The SMILES string of the molecule is O=C1c2oc3ccc(Cl)cc3c(=O)c2C(c2cccc(OCc3ccccc3)c2)N1c1ccccn1. The van der Waals surface area contributed by atoms with Gasteiger partial charge in [-0.1, -0.05) is 60.1 Å². The Hall–Kier alpha value is -4.42. The van der Waals surface area contributed by atoms with E-state index in [1.54, 1.807) is 42.6 Å². The van der Waals surface area contributed by atoms with Crippen LogP contribution >= 0.6 is 11.6 Å². The number of benzene rings is 3. The molecule has 36 heavy (non-hydrogen) atoms. The van der Waals surface area contributed by atoms with Crippen LogP contribution in [-0.4, -0.2) is 10.9 Å². The van der Waals surface area contributed by atoms with Gasteiger partial charge in [0, 0.05) is 11.2 Å². The standard InChI is InChI=1S/C29H19ClN2O4/c30-20-12-13-23-22(16-20)27(33)25-26(32(29(34)28(25)36-23)24-11-4-5-14-31-24)19-9-6-10-21(15-19)35-17-18-7-2-1-3-8-18/h1-16,26H,17H2. The van der Waals surface area contributed by atoms with Crippen molar-refractivity contribution in [1.29, 1.82) is 0 Å². The van der Waals surface area contributed by atoms with Gasteiger partial charge in [-0.05, 0) is 53.6 Å². The highest BCUT2D eigenvalue weighted by molar-refractivity contribution is 6.31. The maximum Gasteiger partial charge on any atom is 0.296 e. The van der Waals surface area contributed by atoms with Crippen molar-refractivity contribution in [2.75, 3.05) is 4.90 Å². The third-order valence-electron chi connectivity index (χ3n) is 6.15. The molecule has 1 atom stereocenters. The first-order valence-corrected chi connectivity index (χ1v) is 11.8. The van der Waals surface area contributed by atoms with Crippen LogP contribution in [-0.2, 0) is 6.61 Å². The van der Waals surface area contributed by atoms with Crippen molar-refractivity contribution in [3.8, 4) is 5.75 Å². The van der Waals surface area contributed by atoms with E-state index in [2.05, 4.69) is 4.98 Å². The lowest BCUT2D eigenvalue weighted by Crippen LogP contribution is -2.30. The smallest absolute Gasteiger partial charge is 0.296 e. The number of fused-ring (bicyclic) bond motifs is 2. The second-order valence-electron chi connectivity index (χ2n) is 8.43. The number of hydrogen-bond acceptors (Lipinski definition) is 5. The summed E-state index contributed by atoms with van der Waals surface area (Å²) < 4.78 is 12.0.